The summed E-state index contributed by atoms with van der Waals surface area (Å²) in [6.45, 7) is 3.74. The topological polar surface area (TPSA) is 69.1 Å². The summed E-state index contributed by atoms with van der Waals surface area (Å²) in [7, 11) is 0. The van der Waals surface area contributed by atoms with Gasteiger partial charge in [0.2, 0.25) is 5.91 Å². The number of halogens is 1. The number of unbranched alkanes of at least 4 members (excludes halogenated alkanes) is 1. The highest BCUT2D eigenvalue weighted by Gasteiger charge is 2.13. The van der Waals surface area contributed by atoms with Crippen molar-refractivity contribution in [3.8, 4) is 0 Å². The van der Waals surface area contributed by atoms with Crippen LogP contribution in [0.25, 0.3) is 0 Å². The zero-order valence-electron chi connectivity index (χ0n) is 11.0. The molecule has 0 saturated carbocycles. The van der Waals surface area contributed by atoms with Gasteiger partial charge < -0.3 is 11.5 Å². The van der Waals surface area contributed by atoms with Gasteiger partial charge in [-0.05, 0) is 55.5 Å². The predicted molar refractivity (Wildman–Crippen MR) is 70.5 cm³/mol. The molecular formula is C14H21FN2O. The number of nitrogens with two attached hydrogens (primary N) is 2. The summed E-state index contributed by atoms with van der Waals surface area (Å²) < 4.78 is 13.2. The lowest BCUT2D eigenvalue weighted by Crippen LogP contribution is -2.14. The Kier molecular flexibility index (Phi) is 5.28. The van der Waals surface area contributed by atoms with Gasteiger partial charge in [0.25, 0.3) is 0 Å². The Morgan fingerprint density at radius 1 is 1.28 bits per heavy atom. The first kappa shape index (κ1) is 14.6. The molecule has 0 bridgehead atoms. The Hall–Kier alpha value is -1.42. The van der Waals surface area contributed by atoms with Crippen LogP contribution >= 0.6 is 0 Å². The number of primary amides is 1. The van der Waals surface area contributed by atoms with Crippen LogP contribution in [0.5, 0.6) is 0 Å². The molecular weight excluding hydrogens is 231 g/mol. The van der Waals surface area contributed by atoms with Crippen LogP contribution in [-0.2, 0) is 4.79 Å². The van der Waals surface area contributed by atoms with Gasteiger partial charge in [-0.1, -0.05) is 6.42 Å². The number of hydrogen-bond donors (Lipinski definition) is 2. The second-order valence-corrected chi connectivity index (χ2v) is 4.77. The van der Waals surface area contributed by atoms with E-state index in [-0.39, 0.29) is 17.8 Å². The quantitative estimate of drug-likeness (QED) is 0.764. The van der Waals surface area contributed by atoms with Gasteiger partial charge in [-0.3, -0.25) is 4.79 Å². The van der Waals surface area contributed by atoms with Crippen molar-refractivity contribution in [2.45, 2.75) is 45.6 Å². The van der Waals surface area contributed by atoms with Crippen LogP contribution in [0.15, 0.2) is 12.1 Å². The molecule has 100 valence electrons. The van der Waals surface area contributed by atoms with Crippen molar-refractivity contribution >= 4 is 5.91 Å². The van der Waals surface area contributed by atoms with Gasteiger partial charge in [-0.15, -0.1) is 0 Å². The Labute approximate surface area is 107 Å². The summed E-state index contributed by atoms with van der Waals surface area (Å²) in [6.07, 6.45) is 2.78. The summed E-state index contributed by atoms with van der Waals surface area (Å²) >= 11 is 0. The number of amides is 1. The fraction of sp³-hybridized carbons (Fsp3) is 0.500. The Bertz CT molecular complexity index is 409. The monoisotopic (exact) mass is 252 g/mol. The van der Waals surface area contributed by atoms with Gasteiger partial charge in [0.15, 0.2) is 0 Å². The molecule has 0 aromatic heterocycles. The van der Waals surface area contributed by atoms with Crippen molar-refractivity contribution in [1.29, 1.82) is 0 Å². The standard InChI is InChI=1S/C14H21FN2O/c1-9-7-11(15)8-10(2)14(9)12(16)5-3-4-6-13(17)18/h7-8,12H,3-6,16H2,1-2H3,(H2,17,18). The number of benzene rings is 1. The summed E-state index contributed by atoms with van der Waals surface area (Å²) in [6, 6.07) is 2.90. The van der Waals surface area contributed by atoms with Crippen LogP contribution in [0.3, 0.4) is 0 Å². The van der Waals surface area contributed by atoms with Crippen molar-refractivity contribution in [3.05, 3.63) is 34.6 Å². The fourth-order valence-electron chi connectivity index (χ4n) is 2.31. The molecule has 3 nitrogen and oxygen atoms in total. The maximum Gasteiger partial charge on any atom is 0.217 e. The number of aryl methyl sites for hydroxylation is 2. The summed E-state index contributed by atoms with van der Waals surface area (Å²) in [4.78, 5) is 10.6. The fourth-order valence-corrected chi connectivity index (χ4v) is 2.31. The first-order valence-electron chi connectivity index (χ1n) is 6.22. The maximum absolute atomic E-state index is 13.2. The first-order chi connectivity index (χ1) is 8.41. The van der Waals surface area contributed by atoms with Crippen molar-refractivity contribution < 1.29 is 9.18 Å². The molecule has 0 radical (unpaired) electrons. The van der Waals surface area contributed by atoms with Crippen molar-refractivity contribution in [1.82, 2.24) is 0 Å². The molecule has 0 aliphatic rings. The van der Waals surface area contributed by atoms with Crippen molar-refractivity contribution in [2.24, 2.45) is 11.5 Å². The van der Waals surface area contributed by atoms with E-state index in [0.717, 1.165) is 36.0 Å². The molecule has 1 rings (SSSR count). The smallest absolute Gasteiger partial charge is 0.217 e. The van der Waals surface area contributed by atoms with E-state index >= 15 is 0 Å². The molecule has 1 aromatic rings. The molecule has 1 unspecified atom stereocenters. The third-order valence-corrected chi connectivity index (χ3v) is 3.12. The second-order valence-electron chi connectivity index (χ2n) is 4.77. The zero-order valence-corrected chi connectivity index (χ0v) is 11.0. The maximum atomic E-state index is 13.2. The number of hydrogen-bond acceptors (Lipinski definition) is 2. The number of rotatable bonds is 6. The minimum Gasteiger partial charge on any atom is -0.370 e. The zero-order chi connectivity index (χ0) is 13.7. The number of carbonyl (C=O) groups is 1. The number of carbonyl (C=O) groups excluding carboxylic acids is 1. The molecule has 1 atom stereocenters. The van der Waals surface area contributed by atoms with Gasteiger partial charge in [0.1, 0.15) is 5.82 Å². The van der Waals surface area contributed by atoms with E-state index in [1.165, 1.54) is 12.1 Å². The van der Waals surface area contributed by atoms with E-state index in [1.807, 2.05) is 13.8 Å². The van der Waals surface area contributed by atoms with E-state index in [9.17, 15) is 9.18 Å². The van der Waals surface area contributed by atoms with Crippen LogP contribution in [0.1, 0.15) is 48.4 Å². The normalized spacial score (nSPS) is 12.4. The second kappa shape index (κ2) is 6.50. The lowest BCUT2D eigenvalue weighted by Gasteiger charge is -2.17. The third kappa shape index (κ3) is 4.11. The van der Waals surface area contributed by atoms with Gasteiger partial charge >= 0.3 is 0 Å². The van der Waals surface area contributed by atoms with E-state index in [2.05, 4.69) is 0 Å². The van der Waals surface area contributed by atoms with Gasteiger partial charge in [-0.25, -0.2) is 4.39 Å². The van der Waals surface area contributed by atoms with Crippen LogP contribution in [0.2, 0.25) is 0 Å². The van der Waals surface area contributed by atoms with E-state index < -0.39 is 0 Å². The lowest BCUT2D eigenvalue weighted by atomic mass is 9.93. The summed E-state index contributed by atoms with van der Waals surface area (Å²) in [5, 5.41) is 0. The highest BCUT2D eigenvalue weighted by molar-refractivity contribution is 5.73. The van der Waals surface area contributed by atoms with Crippen LogP contribution < -0.4 is 11.5 Å². The highest BCUT2D eigenvalue weighted by Crippen LogP contribution is 2.25. The Morgan fingerprint density at radius 2 is 1.83 bits per heavy atom. The Balaban J connectivity index is 2.61. The van der Waals surface area contributed by atoms with Gasteiger partial charge in [0, 0.05) is 12.5 Å². The molecule has 1 aromatic carbocycles. The largest absolute Gasteiger partial charge is 0.370 e. The lowest BCUT2D eigenvalue weighted by molar-refractivity contribution is -0.118. The molecule has 0 fully saturated rings. The van der Waals surface area contributed by atoms with Crippen LogP contribution in [-0.4, -0.2) is 5.91 Å². The average molecular weight is 252 g/mol. The predicted octanol–water partition coefficient (Wildman–Crippen LogP) is 2.49. The SMILES string of the molecule is Cc1cc(F)cc(C)c1C(N)CCCCC(N)=O. The average Bonchev–Trinajstić information content (AvgIpc) is 2.22. The highest BCUT2D eigenvalue weighted by atomic mass is 19.1. The first-order valence-corrected chi connectivity index (χ1v) is 6.22. The van der Waals surface area contributed by atoms with E-state index in [1.54, 1.807) is 0 Å². The van der Waals surface area contributed by atoms with Crippen molar-refractivity contribution in [2.75, 3.05) is 0 Å². The molecule has 18 heavy (non-hydrogen) atoms. The molecule has 4 heteroatoms. The minimum absolute atomic E-state index is 0.113. The molecule has 0 saturated heterocycles. The van der Waals surface area contributed by atoms with E-state index in [4.69, 9.17) is 11.5 Å². The van der Waals surface area contributed by atoms with Gasteiger partial charge in [0.05, 0.1) is 0 Å². The third-order valence-electron chi connectivity index (χ3n) is 3.12. The minimum atomic E-state index is -0.280. The van der Waals surface area contributed by atoms with Crippen molar-refractivity contribution in [3.63, 3.8) is 0 Å². The van der Waals surface area contributed by atoms with Gasteiger partial charge in [-0.2, -0.15) is 0 Å². The Morgan fingerprint density at radius 3 is 2.33 bits per heavy atom. The molecule has 4 N–H and O–H groups in total. The van der Waals surface area contributed by atoms with E-state index in [0.29, 0.717) is 6.42 Å². The van der Waals surface area contributed by atoms with Crippen LogP contribution in [0, 0.1) is 19.7 Å². The molecule has 1 amide bonds. The molecule has 0 heterocycles. The van der Waals surface area contributed by atoms with Crippen LogP contribution in [0.4, 0.5) is 4.39 Å². The summed E-state index contributed by atoms with van der Waals surface area (Å²) in [5.74, 6) is -0.507. The molecule has 0 aliphatic carbocycles. The molecule has 0 spiro atoms. The summed E-state index contributed by atoms with van der Waals surface area (Å²) in [5.41, 5.74) is 14.0. The molecule has 0 aliphatic heterocycles.